The summed E-state index contributed by atoms with van der Waals surface area (Å²) in [6, 6.07) is 9.30. The Morgan fingerprint density at radius 3 is 2.76 bits per heavy atom. The molecule has 0 radical (unpaired) electrons. The zero-order valence-corrected chi connectivity index (χ0v) is 12.2. The number of nitrogens with one attached hydrogen (secondary N) is 2. The number of hydrogen-bond acceptors (Lipinski definition) is 3. The first-order valence-corrected chi connectivity index (χ1v) is 7.69. The van der Waals surface area contributed by atoms with E-state index < -0.39 is 0 Å². The Morgan fingerprint density at radius 2 is 2.00 bits per heavy atom. The largest absolute Gasteiger partial charge is 0.348 e. The molecule has 2 atom stereocenters. The molecule has 5 heteroatoms. The first-order valence-electron chi connectivity index (χ1n) is 7.69. The topological polar surface area (TPSA) is 59.0 Å². The molecule has 3 heterocycles. The van der Waals surface area contributed by atoms with Crippen molar-refractivity contribution in [1.29, 1.82) is 0 Å². The minimum absolute atomic E-state index is 0.0434. The van der Waals surface area contributed by atoms with Crippen LogP contribution in [0.4, 0.5) is 0 Å². The van der Waals surface area contributed by atoms with Gasteiger partial charge in [-0.15, -0.1) is 0 Å². The fourth-order valence-electron chi connectivity index (χ4n) is 3.81. The lowest BCUT2D eigenvalue weighted by atomic mass is 9.99. The molecule has 0 spiro atoms. The summed E-state index contributed by atoms with van der Waals surface area (Å²) in [5, 5.41) is 12.1. The average Bonchev–Trinajstić information content (AvgIpc) is 3.00. The summed E-state index contributed by atoms with van der Waals surface area (Å²) in [5.74, 6) is -0.0434. The molecule has 2 aromatic rings. The van der Waals surface area contributed by atoms with Crippen molar-refractivity contribution in [3.63, 3.8) is 0 Å². The Labute approximate surface area is 123 Å². The number of carbonyl (C=O) groups is 1. The Morgan fingerprint density at radius 1 is 1.29 bits per heavy atom. The second-order valence-corrected chi connectivity index (χ2v) is 6.27. The van der Waals surface area contributed by atoms with Gasteiger partial charge < -0.3 is 10.6 Å². The van der Waals surface area contributed by atoms with E-state index in [1.807, 2.05) is 31.3 Å². The fraction of sp³-hybridized carbons (Fsp3) is 0.500. The molecule has 110 valence electrons. The van der Waals surface area contributed by atoms with Crippen molar-refractivity contribution in [2.24, 2.45) is 7.05 Å². The molecule has 1 amide bonds. The lowest BCUT2D eigenvalue weighted by Crippen LogP contribution is -2.48. The fourth-order valence-corrected chi connectivity index (χ4v) is 3.81. The summed E-state index contributed by atoms with van der Waals surface area (Å²) in [6.07, 6.45) is 4.55. The van der Waals surface area contributed by atoms with Crippen LogP contribution in [0, 0.1) is 0 Å². The molecule has 1 aromatic carbocycles. The third-order valence-electron chi connectivity index (χ3n) is 4.78. The minimum atomic E-state index is -0.0434. The molecule has 5 nitrogen and oxygen atoms in total. The number of rotatable bonds is 2. The van der Waals surface area contributed by atoms with Gasteiger partial charge in [0.05, 0.1) is 5.52 Å². The van der Waals surface area contributed by atoms with Crippen LogP contribution in [0.3, 0.4) is 0 Å². The van der Waals surface area contributed by atoms with Crippen LogP contribution in [-0.4, -0.2) is 33.8 Å². The summed E-state index contributed by atoms with van der Waals surface area (Å²) in [4.78, 5) is 12.6. The van der Waals surface area contributed by atoms with E-state index >= 15 is 0 Å². The highest BCUT2D eigenvalue weighted by Gasteiger charge is 2.34. The highest BCUT2D eigenvalue weighted by molar-refractivity contribution is 6.04. The highest BCUT2D eigenvalue weighted by Crippen LogP contribution is 2.27. The van der Waals surface area contributed by atoms with Gasteiger partial charge in [-0.05, 0) is 31.7 Å². The summed E-state index contributed by atoms with van der Waals surface area (Å²) in [7, 11) is 1.88. The quantitative estimate of drug-likeness (QED) is 0.880. The molecular weight excluding hydrogens is 264 g/mol. The number of hydrogen-bond donors (Lipinski definition) is 2. The summed E-state index contributed by atoms with van der Waals surface area (Å²) in [5.41, 5.74) is 1.53. The van der Waals surface area contributed by atoms with Gasteiger partial charge in [0.2, 0.25) is 0 Å². The van der Waals surface area contributed by atoms with Crippen LogP contribution >= 0.6 is 0 Å². The van der Waals surface area contributed by atoms with E-state index in [-0.39, 0.29) is 11.9 Å². The number of amides is 1. The van der Waals surface area contributed by atoms with E-state index in [0.717, 1.165) is 23.7 Å². The molecule has 2 aliphatic heterocycles. The molecule has 4 rings (SSSR count). The van der Waals surface area contributed by atoms with Gasteiger partial charge in [0.15, 0.2) is 5.69 Å². The van der Waals surface area contributed by atoms with Gasteiger partial charge in [-0.25, -0.2) is 0 Å². The van der Waals surface area contributed by atoms with Crippen LogP contribution in [0.2, 0.25) is 0 Å². The summed E-state index contributed by atoms with van der Waals surface area (Å²) in [6.45, 7) is 0. The number of aryl methyl sites for hydroxylation is 1. The van der Waals surface area contributed by atoms with E-state index in [4.69, 9.17) is 0 Å². The summed E-state index contributed by atoms with van der Waals surface area (Å²) >= 11 is 0. The molecule has 2 saturated heterocycles. The Balaban J connectivity index is 1.56. The third kappa shape index (κ3) is 2.21. The molecule has 21 heavy (non-hydrogen) atoms. The SMILES string of the molecule is Cn1nc(C(=O)NC2CC3CCC(C2)N3)c2ccccc21. The Hall–Kier alpha value is -1.88. The number of benzene rings is 1. The van der Waals surface area contributed by atoms with Gasteiger partial charge in [-0.3, -0.25) is 9.48 Å². The molecule has 2 aliphatic rings. The zero-order chi connectivity index (χ0) is 14.4. The van der Waals surface area contributed by atoms with E-state index in [2.05, 4.69) is 15.7 Å². The number of piperidine rings is 1. The summed E-state index contributed by atoms with van der Waals surface area (Å²) < 4.78 is 1.77. The Kier molecular flexibility index (Phi) is 2.96. The van der Waals surface area contributed by atoms with Crippen molar-refractivity contribution < 1.29 is 4.79 Å². The van der Waals surface area contributed by atoms with Crippen molar-refractivity contribution >= 4 is 16.8 Å². The van der Waals surface area contributed by atoms with Gasteiger partial charge in [0.25, 0.3) is 5.91 Å². The Bertz CT molecular complexity index is 681. The third-order valence-corrected chi connectivity index (χ3v) is 4.78. The van der Waals surface area contributed by atoms with Crippen molar-refractivity contribution in [3.05, 3.63) is 30.0 Å². The van der Waals surface area contributed by atoms with Crippen LogP contribution in [0.5, 0.6) is 0 Å². The maximum atomic E-state index is 12.6. The monoisotopic (exact) mass is 284 g/mol. The van der Waals surface area contributed by atoms with Gasteiger partial charge in [0.1, 0.15) is 0 Å². The predicted octanol–water partition coefficient (Wildman–Crippen LogP) is 1.59. The molecule has 0 aliphatic carbocycles. The molecule has 2 N–H and O–H groups in total. The molecule has 2 bridgehead atoms. The van der Waals surface area contributed by atoms with E-state index in [1.54, 1.807) is 4.68 Å². The molecule has 2 unspecified atom stereocenters. The lowest BCUT2D eigenvalue weighted by Gasteiger charge is -2.29. The van der Waals surface area contributed by atoms with Crippen molar-refractivity contribution in [2.45, 2.75) is 43.8 Å². The van der Waals surface area contributed by atoms with Crippen LogP contribution in [0.1, 0.15) is 36.2 Å². The second kappa shape index (κ2) is 4.84. The number of aromatic nitrogens is 2. The van der Waals surface area contributed by atoms with Gasteiger partial charge in [-0.2, -0.15) is 5.10 Å². The number of para-hydroxylation sites is 1. The van der Waals surface area contributed by atoms with E-state index in [0.29, 0.717) is 17.8 Å². The predicted molar refractivity (Wildman–Crippen MR) is 81.1 cm³/mol. The first-order chi connectivity index (χ1) is 10.2. The lowest BCUT2D eigenvalue weighted by molar-refractivity contribution is 0.0920. The van der Waals surface area contributed by atoms with Crippen molar-refractivity contribution in [2.75, 3.05) is 0 Å². The van der Waals surface area contributed by atoms with Gasteiger partial charge >= 0.3 is 0 Å². The first kappa shape index (κ1) is 12.8. The van der Waals surface area contributed by atoms with Crippen molar-refractivity contribution in [1.82, 2.24) is 20.4 Å². The molecule has 2 fully saturated rings. The number of carbonyl (C=O) groups excluding carboxylic acids is 1. The molecule has 1 aromatic heterocycles. The van der Waals surface area contributed by atoms with Crippen LogP contribution in [-0.2, 0) is 7.05 Å². The highest BCUT2D eigenvalue weighted by atomic mass is 16.2. The van der Waals surface area contributed by atoms with Crippen LogP contribution < -0.4 is 10.6 Å². The van der Waals surface area contributed by atoms with E-state index in [9.17, 15) is 4.79 Å². The average molecular weight is 284 g/mol. The molecular formula is C16H20N4O. The maximum Gasteiger partial charge on any atom is 0.272 e. The van der Waals surface area contributed by atoms with Gasteiger partial charge in [0, 0.05) is 30.6 Å². The van der Waals surface area contributed by atoms with Crippen molar-refractivity contribution in [3.8, 4) is 0 Å². The normalized spacial score (nSPS) is 28.0. The molecule has 0 saturated carbocycles. The second-order valence-electron chi connectivity index (χ2n) is 6.27. The minimum Gasteiger partial charge on any atom is -0.348 e. The zero-order valence-electron chi connectivity index (χ0n) is 12.2. The smallest absolute Gasteiger partial charge is 0.272 e. The van der Waals surface area contributed by atoms with E-state index in [1.165, 1.54) is 12.8 Å². The van der Waals surface area contributed by atoms with Gasteiger partial charge in [-0.1, -0.05) is 18.2 Å². The number of fused-ring (bicyclic) bond motifs is 3. The van der Waals surface area contributed by atoms with Crippen LogP contribution in [0.25, 0.3) is 10.9 Å². The number of nitrogens with zero attached hydrogens (tertiary/aromatic N) is 2. The maximum absolute atomic E-state index is 12.6. The van der Waals surface area contributed by atoms with Crippen LogP contribution in [0.15, 0.2) is 24.3 Å². The standard InChI is InChI=1S/C16H20N4O/c1-20-14-5-3-2-4-13(14)15(19-20)16(21)18-12-8-10-6-7-11(9-12)17-10/h2-5,10-12,17H,6-9H2,1H3,(H,18,21).